The van der Waals surface area contributed by atoms with Crippen LogP contribution in [0, 0.1) is 0 Å². The van der Waals surface area contributed by atoms with E-state index in [1.54, 1.807) is 0 Å². The number of benzene rings is 3. The smallest absolute Gasteiger partial charge is 0.340 e. The summed E-state index contributed by atoms with van der Waals surface area (Å²) in [5.41, 5.74) is -4.46. The van der Waals surface area contributed by atoms with Gasteiger partial charge in [0.2, 0.25) is 10.9 Å². The molecule has 0 aliphatic rings. The molecule has 3 aromatic carbocycles. The van der Waals surface area contributed by atoms with Crippen molar-refractivity contribution in [1.29, 1.82) is 0 Å². The summed E-state index contributed by atoms with van der Waals surface area (Å²) < 4.78 is 11.3. The van der Waals surface area contributed by atoms with E-state index >= 15 is 0 Å². The number of rotatable bonds is 4. The van der Waals surface area contributed by atoms with E-state index in [1.165, 1.54) is 18.2 Å². The van der Waals surface area contributed by atoms with E-state index < -0.39 is 56.4 Å². The monoisotopic (exact) mass is 516 g/mol. The Kier molecular flexibility index (Phi) is 5.30. The number of carboxylic acid groups (broad SMARTS) is 1. The van der Waals surface area contributed by atoms with E-state index in [0.717, 1.165) is 32.2 Å². The zero-order valence-corrected chi connectivity index (χ0v) is 19.6. The van der Waals surface area contributed by atoms with Gasteiger partial charge in [0.15, 0.2) is 23.1 Å². The standard InChI is InChI=1S/C27H16O11/c1-9(28)12-6-14-23(32)13-5-11(30)3-4-17(13)38-26(14)19(10(2)29)20(12)15-8-37-18-7-16(31)25(34)22(27(35)36)21(18)24(15)33/h3-8,30-31,34H,1-2H3,(H,35,36). The van der Waals surface area contributed by atoms with Gasteiger partial charge in [0.05, 0.1) is 27.3 Å². The lowest BCUT2D eigenvalue weighted by Gasteiger charge is -2.15. The molecule has 0 bridgehead atoms. The van der Waals surface area contributed by atoms with Crippen LogP contribution in [0.15, 0.2) is 55.0 Å². The van der Waals surface area contributed by atoms with Gasteiger partial charge < -0.3 is 29.3 Å². The third-order valence-electron chi connectivity index (χ3n) is 6.18. The lowest BCUT2D eigenvalue weighted by molar-refractivity contribution is 0.0694. The van der Waals surface area contributed by atoms with Crippen LogP contribution in [0.3, 0.4) is 0 Å². The molecular weight excluding hydrogens is 500 g/mol. The normalized spacial score (nSPS) is 11.3. The van der Waals surface area contributed by atoms with E-state index in [9.17, 15) is 44.4 Å². The Morgan fingerprint density at radius 3 is 2.16 bits per heavy atom. The van der Waals surface area contributed by atoms with E-state index in [2.05, 4.69) is 0 Å². The highest BCUT2D eigenvalue weighted by atomic mass is 16.4. The summed E-state index contributed by atoms with van der Waals surface area (Å²) in [5.74, 6) is -5.22. The third-order valence-corrected chi connectivity index (χ3v) is 6.18. The molecule has 0 spiro atoms. The van der Waals surface area contributed by atoms with Crippen molar-refractivity contribution in [3.05, 3.63) is 73.7 Å². The molecule has 4 N–H and O–H groups in total. The summed E-state index contributed by atoms with van der Waals surface area (Å²) in [5, 5.41) is 38.7. The van der Waals surface area contributed by atoms with Gasteiger partial charge in [-0.2, -0.15) is 0 Å². The number of aromatic hydroxyl groups is 3. The quantitative estimate of drug-likeness (QED) is 0.154. The fourth-order valence-corrected chi connectivity index (χ4v) is 4.52. The summed E-state index contributed by atoms with van der Waals surface area (Å²) in [6, 6.07) is 5.74. The summed E-state index contributed by atoms with van der Waals surface area (Å²) in [6.07, 6.45) is 0.879. The van der Waals surface area contributed by atoms with Gasteiger partial charge in [0.25, 0.3) is 0 Å². The van der Waals surface area contributed by atoms with Crippen molar-refractivity contribution in [2.45, 2.75) is 13.8 Å². The number of ketones is 2. The number of phenols is 3. The van der Waals surface area contributed by atoms with Crippen molar-refractivity contribution in [3.63, 3.8) is 0 Å². The first kappa shape index (κ1) is 24.3. The third kappa shape index (κ3) is 3.40. The number of fused-ring (bicyclic) bond motifs is 3. The molecule has 11 heteroatoms. The van der Waals surface area contributed by atoms with Gasteiger partial charge >= 0.3 is 5.97 Å². The Bertz CT molecular complexity index is 2030. The lowest BCUT2D eigenvalue weighted by atomic mass is 9.88. The number of hydrogen-bond acceptors (Lipinski definition) is 10. The first-order valence-electron chi connectivity index (χ1n) is 10.9. The maximum Gasteiger partial charge on any atom is 0.340 e. The molecule has 0 saturated carbocycles. The van der Waals surface area contributed by atoms with Crippen molar-refractivity contribution >= 4 is 50.4 Å². The van der Waals surface area contributed by atoms with Crippen LogP contribution in [0.4, 0.5) is 0 Å². The van der Waals surface area contributed by atoms with Gasteiger partial charge in [-0.25, -0.2) is 4.79 Å². The minimum atomic E-state index is -1.74. The topological polar surface area (TPSA) is 193 Å². The molecule has 0 radical (unpaired) electrons. The van der Waals surface area contributed by atoms with E-state index in [0.29, 0.717) is 0 Å². The highest BCUT2D eigenvalue weighted by Crippen LogP contribution is 2.38. The fraction of sp³-hybridized carbons (Fsp3) is 0.0741. The van der Waals surface area contributed by atoms with Crippen LogP contribution in [0.5, 0.6) is 17.2 Å². The molecule has 0 aliphatic heterocycles. The molecule has 0 unspecified atom stereocenters. The van der Waals surface area contributed by atoms with Crippen molar-refractivity contribution in [3.8, 4) is 28.4 Å². The van der Waals surface area contributed by atoms with Crippen molar-refractivity contribution in [2.24, 2.45) is 0 Å². The Balaban J connectivity index is 2.03. The minimum Gasteiger partial charge on any atom is -0.508 e. The van der Waals surface area contributed by atoms with Gasteiger partial charge in [-0.05, 0) is 38.1 Å². The van der Waals surface area contributed by atoms with Gasteiger partial charge in [-0.15, -0.1) is 0 Å². The van der Waals surface area contributed by atoms with Crippen LogP contribution >= 0.6 is 0 Å². The first-order valence-corrected chi connectivity index (χ1v) is 10.9. The van der Waals surface area contributed by atoms with Crippen molar-refractivity contribution < 1.29 is 43.6 Å². The molecule has 38 heavy (non-hydrogen) atoms. The summed E-state index contributed by atoms with van der Waals surface area (Å²) in [4.78, 5) is 64.5. The molecule has 5 rings (SSSR count). The highest BCUT2D eigenvalue weighted by Gasteiger charge is 2.29. The Morgan fingerprint density at radius 2 is 1.53 bits per heavy atom. The van der Waals surface area contributed by atoms with E-state index in [1.807, 2.05) is 0 Å². The van der Waals surface area contributed by atoms with Gasteiger partial charge in [-0.1, -0.05) is 0 Å². The number of carboxylic acids is 1. The number of hydrogen-bond donors (Lipinski definition) is 4. The Hall–Kier alpha value is -5.45. The molecule has 2 heterocycles. The summed E-state index contributed by atoms with van der Waals surface area (Å²) in [7, 11) is 0. The SMILES string of the molecule is CC(=O)c1cc2c(=O)c3cc(O)ccc3oc2c(C(C)=O)c1-c1coc2cc(O)c(O)c(C(=O)O)c2c1=O. The number of phenolic OH excluding ortho intramolecular Hbond substituents is 2. The lowest BCUT2D eigenvalue weighted by Crippen LogP contribution is -2.16. The van der Waals surface area contributed by atoms with Crippen LogP contribution in [-0.4, -0.2) is 38.0 Å². The Morgan fingerprint density at radius 1 is 0.816 bits per heavy atom. The van der Waals surface area contributed by atoms with E-state index in [-0.39, 0.29) is 50.0 Å². The van der Waals surface area contributed by atoms with Gasteiger partial charge in [0, 0.05) is 17.2 Å². The molecule has 190 valence electrons. The zero-order valence-electron chi connectivity index (χ0n) is 19.6. The average Bonchev–Trinajstić information content (AvgIpc) is 2.84. The second-order valence-corrected chi connectivity index (χ2v) is 8.55. The highest BCUT2D eigenvalue weighted by molar-refractivity contribution is 6.18. The number of Topliss-reactive ketones (excluding diaryl/α,β-unsaturated/α-hetero) is 2. The minimum absolute atomic E-state index is 0.0131. The first-order chi connectivity index (χ1) is 17.9. The molecule has 0 saturated heterocycles. The molecule has 5 aromatic rings. The second-order valence-electron chi connectivity index (χ2n) is 8.55. The average molecular weight is 516 g/mol. The maximum atomic E-state index is 13.7. The molecule has 0 amide bonds. The van der Waals surface area contributed by atoms with E-state index in [4.69, 9.17) is 8.83 Å². The Labute approximate surface area is 210 Å². The maximum absolute atomic E-state index is 13.7. The number of carbonyl (C=O) groups is 3. The summed E-state index contributed by atoms with van der Waals surface area (Å²) >= 11 is 0. The molecule has 0 atom stereocenters. The zero-order chi connectivity index (χ0) is 27.6. The predicted molar refractivity (Wildman–Crippen MR) is 133 cm³/mol. The predicted octanol–water partition coefficient (Wildman–Crippen LogP) is 3.94. The van der Waals surface area contributed by atoms with Gasteiger partial charge in [-0.3, -0.25) is 19.2 Å². The molecule has 2 aromatic heterocycles. The van der Waals surface area contributed by atoms with Crippen LogP contribution in [-0.2, 0) is 0 Å². The van der Waals surface area contributed by atoms with Crippen LogP contribution < -0.4 is 10.9 Å². The molecule has 0 fully saturated rings. The summed E-state index contributed by atoms with van der Waals surface area (Å²) in [6.45, 7) is 2.26. The van der Waals surface area contributed by atoms with Crippen LogP contribution in [0.25, 0.3) is 44.0 Å². The van der Waals surface area contributed by atoms with Gasteiger partial charge in [0.1, 0.15) is 34.3 Å². The van der Waals surface area contributed by atoms with Crippen molar-refractivity contribution in [2.75, 3.05) is 0 Å². The molecular formula is C27H16O11. The molecule has 11 nitrogen and oxygen atoms in total. The number of aromatic carboxylic acids is 1. The van der Waals surface area contributed by atoms with Crippen LogP contribution in [0.1, 0.15) is 44.9 Å². The number of carbonyl (C=O) groups excluding carboxylic acids is 2. The van der Waals surface area contributed by atoms with Crippen LogP contribution in [0.2, 0.25) is 0 Å². The largest absolute Gasteiger partial charge is 0.508 e. The second kappa shape index (κ2) is 8.30. The van der Waals surface area contributed by atoms with Crippen molar-refractivity contribution in [1.82, 2.24) is 0 Å². The molecule has 0 aliphatic carbocycles. The fourth-order valence-electron chi connectivity index (χ4n) is 4.52.